The first kappa shape index (κ1) is 16.8. The van der Waals surface area contributed by atoms with Gasteiger partial charge in [-0.1, -0.05) is 0 Å². The fourth-order valence-electron chi connectivity index (χ4n) is 2.12. The second kappa shape index (κ2) is 5.78. The molecule has 0 amide bonds. The lowest BCUT2D eigenvalue weighted by atomic mass is 10.2. The van der Waals surface area contributed by atoms with E-state index in [0.29, 0.717) is 0 Å². The van der Waals surface area contributed by atoms with Crippen LogP contribution in [0.5, 0.6) is 0 Å². The van der Waals surface area contributed by atoms with Gasteiger partial charge in [-0.05, 0) is 0 Å². The van der Waals surface area contributed by atoms with Crippen molar-refractivity contribution in [1.29, 1.82) is 0 Å². The van der Waals surface area contributed by atoms with Crippen LogP contribution in [0.4, 0.5) is 5.95 Å². The second-order valence-electron chi connectivity index (χ2n) is 4.85. The highest BCUT2D eigenvalue weighted by Gasteiger charge is 2.44. The molecule has 0 aromatic carbocycles. The Balaban J connectivity index is 1.90. The van der Waals surface area contributed by atoms with Gasteiger partial charge < -0.3 is 25.7 Å². The topological polar surface area (TPSA) is 209 Å². The molecular weight excluding hydrogens is 351 g/mol. The Kier molecular flexibility index (Phi) is 4.05. The first-order valence-corrected chi connectivity index (χ1v) is 7.96. The summed E-state index contributed by atoms with van der Waals surface area (Å²) in [6.07, 6.45) is -3.40. The summed E-state index contributed by atoms with van der Waals surface area (Å²) in [7, 11) is -4.78. The number of nitrogens with one attached hydrogen (secondary N) is 1. The molecule has 2 aromatic heterocycles. The molecule has 1 aliphatic rings. The number of imidazole rings is 1. The number of fused-ring (bicyclic) bond motifs is 1. The van der Waals surface area contributed by atoms with Gasteiger partial charge >= 0.3 is 7.82 Å². The van der Waals surface area contributed by atoms with Gasteiger partial charge in [0.25, 0.3) is 5.56 Å². The highest BCUT2D eigenvalue weighted by Crippen LogP contribution is 2.37. The Morgan fingerprint density at radius 2 is 2.17 bits per heavy atom. The average molecular weight is 364 g/mol. The number of hydrogen-bond acceptors (Lipinski definition) is 10. The third-order valence-electron chi connectivity index (χ3n) is 3.18. The Labute approximate surface area is 132 Å². The molecule has 1 fully saturated rings. The van der Waals surface area contributed by atoms with Crippen LogP contribution in [0.25, 0.3) is 11.2 Å². The van der Waals surface area contributed by atoms with E-state index in [-0.39, 0.29) is 17.1 Å². The Morgan fingerprint density at radius 3 is 2.83 bits per heavy atom. The molecule has 2 aromatic rings. The molecule has 3 atom stereocenters. The molecule has 15 heteroatoms. The van der Waals surface area contributed by atoms with Crippen LogP contribution >= 0.6 is 7.82 Å². The minimum absolute atomic E-state index is 0.0564. The Bertz CT molecular complexity index is 861. The van der Waals surface area contributed by atoms with Crippen LogP contribution in [0.3, 0.4) is 0 Å². The fraction of sp³-hybridized carbons (Fsp3) is 0.444. The third kappa shape index (κ3) is 2.99. The summed E-state index contributed by atoms with van der Waals surface area (Å²) in [5.74, 6) is -0.204. The van der Waals surface area contributed by atoms with Crippen molar-refractivity contribution in [2.24, 2.45) is 0 Å². The van der Waals surface area contributed by atoms with Gasteiger partial charge in [-0.2, -0.15) is 14.8 Å². The number of phosphoric acid groups is 1. The first-order chi connectivity index (χ1) is 11.2. The van der Waals surface area contributed by atoms with E-state index in [0.717, 1.165) is 16.2 Å². The third-order valence-corrected chi connectivity index (χ3v) is 3.67. The molecule has 132 valence electrons. The van der Waals surface area contributed by atoms with Crippen LogP contribution in [-0.2, 0) is 13.9 Å². The first-order valence-electron chi connectivity index (χ1n) is 6.43. The molecule has 3 rings (SSSR count). The standard InChI is InChI=1S/C9H13N6O8P/c10-9-12-6-4(7(17)13-9)11-2-14(6)15-8(18)5(16)3(23-15)1-22-24(19,20)21/h2-3,5,8,16,18H,1H2,(H2,19,20,21)(H3,10,12,13,17)/t3-,5-,8-/m1/s1. The lowest BCUT2D eigenvalue weighted by molar-refractivity contribution is -0.0210. The van der Waals surface area contributed by atoms with Gasteiger partial charge in [0.15, 0.2) is 17.4 Å². The lowest BCUT2D eigenvalue weighted by Gasteiger charge is -2.21. The van der Waals surface area contributed by atoms with E-state index in [2.05, 4.69) is 19.5 Å². The van der Waals surface area contributed by atoms with Crippen molar-refractivity contribution in [2.75, 3.05) is 17.5 Å². The van der Waals surface area contributed by atoms with Crippen molar-refractivity contribution in [3.63, 3.8) is 0 Å². The number of anilines is 1. The maximum Gasteiger partial charge on any atom is 0.469 e. The van der Waals surface area contributed by atoms with Crippen molar-refractivity contribution < 1.29 is 33.9 Å². The van der Waals surface area contributed by atoms with Gasteiger partial charge in [-0.3, -0.25) is 14.3 Å². The lowest BCUT2D eigenvalue weighted by Crippen LogP contribution is -2.42. The summed E-state index contributed by atoms with van der Waals surface area (Å²) in [5, 5.41) is 20.7. The van der Waals surface area contributed by atoms with E-state index in [4.69, 9.17) is 20.4 Å². The zero-order chi connectivity index (χ0) is 17.6. The molecule has 0 unspecified atom stereocenters. The molecular formula is C9H13N6O8P. The fourth-order valence-corrected chi connectivity index (χ4v) is 2.46. The van der Waals surface area contributed by atoms with Crippen LogP contribution < -0.4 is 16.5 Å². The number of H-pyrrole nitrogens is 1. The predicted octanol–water partition coefficient (Wildman–Crippen LogP) is -3.26. The molecule has 1 aliphatic heterocycles. The summed E-state index contributed by atoms with van der Waals surface area (Å²) in [4.78, 5) is 44.2. The van der Waals surface area contributed by atoms with Crippen molar-refractivity contribution in [1.82, 2.24) is 19.6 Å². The van der Waals surface area contributed by atoms with Gasteiger partial charge in [-0.25, -0.2) is 14.4 Å². The van der Waals surface area contributed by atoms with E-state index in [1.165, 1.54) is 0 Å². The van der Waals surface area contributed by atoms with Crippen molar-refractivity contribution in [3.8, 4) is 0 Å². The summed E-state index contributed by atoms with van der Waals surface area (Å²) >= 11 is 0. The number of aliphatic hydroxyl groups excluding tert-OH is 2. The molecule has 24 heavy (non-hydrogen) atoms. The van der Waals surface area contributed by atoms with Crippen LogP contribution in [0.2, 0.25) is 0 Å². The quantitative estimate of drug-likeness (QED) is 0.295. The molecule has 3 heterocycles. The number of aromatic nitrogens is 4. The van der Waals surface area contributed by atoms with Gasteiger partial charge in [0.05, 0.1) is 6.61 Å². The van der Waals surface area contributed by atoms with E-state index in [1.807, 2.05) is 0 Å². The number of hydroxylamine groups is 1. The van der Waals surface area contributed by atoms with Gasteiger partial charge in [0.1, 0.15) is 18.5 Å². The minimum atomic E-state index is -4.78. The Hall–Kier alpha value is -2.06. The summed E-state index contributed by atoms with van der Waals surface area (Å²) in [6.45, 7) is -0.693. The minimum Gasteiger partial charge on any atom is -0.385 e. The van der Waals surface area contributed by atoms with Crippen LogP contribution in [0, 0.1) is 0 Å². The van der Waals surface area contributed by atoms with Crippen LogP contribution in [0.1, 0.15) is 0 Å². The summed E-state index contributed by atoms with van der Waals surface area (Å²) < 4.78 is 16.0. The smallest absolute Gasteiger partial charge is 0.385 e. The molecule has 7 N–H and O–H groups in total. The van der Waals surface area contributed by atoms with Crippen molar-refractivity contribution in [3.05, 3.63) is 16.7 Å². The number of nitrogens with two attached hydrogens (primary N) is 1. The molecule has 1 saturated heterocycles. The van der Waals surface area contributed by atoms with Crippen molar-refractivity contribution in [2.45, 2.75) is 18.4 Å². The molecule has 0 bridgehead atoms. The Morgan fingerprint density at radius 1 is 1.46 bits per heavy atom. The zero-order valence-electron chi connectivity index (χ0n) is 11.8. The van der Waals surface area contributed by atoms with E-state index < -0.39 is 38.4 Å². The van der Waals surface area contributed by atoms with Gasteiger partial charge in [0, 0.05) is 0 Å². The normalized spacial score (nSPS) is 24.8. The van der Waals surface area contributed by atoms with E-state index >= 15 is 0 Å². The monoisotopic (exact) mass is 364 g/mol. The number of aliphatic hydroxyl groups is 2. The number of phosphoric ester groups is 1. The number of rotatable bonds is 4. The number of hydrogen-bond donors (Lipinski definition) is 6. The zero-order valence-corrected chi connectivity index (χ0v) is 12.6. The van der Waals surface area contributed by atoms with Crippen LogP contribution in [0.15, 0.2) is 11.1 Å². The van der Waals surface area contributed by atoms with Crippen LogP contribution in [-0.4, -0.2) is 64.7 Å². The van der Waals surface area contributed by atoms with E-state index in [9.17, 15) is 19.6 Å². The maximum atomic E-state index is 11.7. The SMILES string of the molecule is Nc1nc2c(ncn2N2O[C@H](COP(=O)(O)O)[C@@H](O)[C@H]2O)c(=O)[nH]1. The highest BCUT2D eigenvalue weighted by atomic mass is 31.2. The summed E-state index contributed by atoms with van der Waals surface area (Å²) in [6, 6.07) is 0. The average Bonchev–Trinajstić information content (AvgIpc) is 3.00. The number of nitrogen functional groups attached to an aromatic ring is 1. The number of aromatic amines is 1. The molecule has 0 aliphatic carbocycles. The molecule has 0 saturated carbocycles. The molecule has 0 radical (unpaired) electrons. The molecule has 14 nitrogen and oxygen atoms in total. The van der Waals surface area contributed by atoms with Crippen molar-refractivity contribution >= 4 is 24.9 Å². The highest BCUT2D eigenvalue weighted by molar-refractivity contribution is 7.46. The molecule has 0 spiro atoms. The van der Waals surface area contributed by atoms with Gasteiger partial charge in [-0.15, -0.1) is 0 Å². The predicted molar refractivity (Wildman–Crippen MR) is 75.7 cm³/mol. The van der Waals surface area contributed by atoms with E-state index in [1.54, 1.807) is 0 Å². The second-order valence-corrected chi connectivity index (χ2v) is 6.09. The number of nitrogens with zero attached hydrogens (tertiary/aromatic N) is 4. The largest absolute Gasteiger partial charge is 0.469 e. The maximum absolute atomic E-state index is 11.7. The van der Waals surface area contributed by atoms with Gasteiger partial charge in [0.2, 0.25) is 5.95 Å². The summed E-state index contributed by atoms with van der Waals surface area (Å²) in [5.41, 5.74) is 4.68.